The quantitative estimate of drug-likeness (QED) is 0.353. The first kappa shape index (κ1) is 24.6. The first-order valence-corrected chi connectivity index (χ1v) is 10.7. The number of carbonyl (C=O) groups is 1. The van der Waals surface area contributed by atoms with Crippen molar-refractivity contribution in [2.45, 2.75) is 24.7 Å². The van der Waals surface area contributed by atoms with Crippen LogP contribution in [0.1, 0.15) is 17.2 Å². The molecule has 0 saturated carbocycles. The van der Waals surface area contributed by atoms with E-state index in [1.807, 2.05) is 0 Å². The minimum atomic E-state index is -5.07. The summed E-state index contributed by atoms with van der Waals surface area (Å²) in [4.78, 5) is 11.9. The lowest BCUT2D eigenvalue weighted by atomic mass is 9.93. The Morgan fingerprint density at radius 3 is 2.30 bits per heavy atom. The summed E-state index contributed by atoms with van der Waals surface area (Å²) in [5, 5.41) is 5.31. The number of amides is 1. The molecule has 0 unspecified atom stereocenters. The maximum atomic E-state index is 13.9. The Kier molecular flexibility index (Phi) is 7.97. The largest absolute Gasteiger partial charge is 0.497 e. The van der Waals surface area contributed by atoms with Crippen molar-refractivity contribution in [3.8, 4) is 5.75 Å². The van der Waals surface area contributed by atoms with Crippen LogP contribution in [0.2, 0.25) is 0 Å². The van der Waals surface area contributed by atoms with Gasteiger partial charge in [-0.2, -0.15) is 13.2 Å². The van der Waals surface area contributed by atoms with Gasteiger partial charge in [0.15, 0.2) is 0 Å². The summed E-state index contributed by atoms with van der Waals surface area (Å²) in [6.07, 6.45) is -5.14. The topological polar surface area (TPSA) is 50.4 Å². The van der Waals surface area contributed by atoms with E-state index in [2.05, 4.69) is 26.6 Å². The van der Waals surface area contributed by atoms with Crippen molar-refractivity contribution in [3.63, 3.8) is 0 Å². The van der Waals surface area contributed by atoms with Gasteiger partial charge in [-0.1, -0.05) is 46.3 Å². The number of hydrogen-bond donors (Lipinski definition) is 2. The number of carbonyl (C=O) groups excluding carboxylic acids is 1. The number of rotatable bonds is 8. The Balaban J connectivity index is 2.02. The van der Waals surface area contributed by atoms with E-state index in [-0.39, 0.29) is 6.42 Å². The molecule has 3 rings (SSSR count). The van der Waals surface area contributed by atoms with Gasteiger partial charge < -0.3 is 15.4 Å². The lowest BCUT2D eigenvalue weighted by Crippen LogP contribution is -2.48. The minimum absolute atomic E-state index is 0.0666. The highest BCUT2D eigenvalue weighted by Gasteiger charge is 2.41. The van der Waals surface area contributed by atoms with Gasteiger partial charge in [-0.3, -0.25) is 4.79 Å². The highest BCUT2D eigenvalue weighted by molar-refractivity contribution is 9.10. The Labute approximate surface area is 197 Å². The van der Waals surface area contributed by atoms with E-state index >= 15 is 0 Å². The molecule has 0 aliphatic heterocycles. The number of ether oxygens (including phenoxy) is 1. The molecule has 0 heterocycles. The first-order chi connectivity index (χ1) is 15.7. The third-order valence-electron chi connectivity index (χ3n) is 4.99. The Hall–Kier alpha value is -3.07. The molecule has 0 radical (unpaired) electrons. The maximum Gasteiger partial charge on any atom is 0.471 e. The Morgan fingerprint density at radius 2 is 1.70 bits per heavy atom. The highest BCUT2D eigenvalue weighted by atomic mass is 79.9. The fourth-order valence-corrected chi connectivity index (χ4v) is 3.79. The number of alkyl halides is 3. The fourth-order valence-electron chi connectivity index (χ4n) is 3.38. The van der Waals surface area contributed by atoms with Gasteiger partial charge in [0.25, 0.3) is 0 Å². The lowest BCUT2D eigenvalue weighted by Gasteiger charge is -2.31. The van der Waals surface area contributed by atoms with Crippen molar-refractivity contribution in [3.05, 3.63) is 94.2 Å². The molecule has 0 fully saturated rings. The molecule has 174 valence electrons. The standard InChI is InChI=1S/C24H21BrF4N2O2/c1-33-19-10-8-18(9-11-19)30-22(15-5-3-2-4-6-15)21(31-23(32)24(27,28)29)14-16-13-17(26)7-12-20(16)25/h2-13,21-22,30H,14H2,1H3,(H,31,32)/t21-,22+/m0/s1. The number of methoxy groups -OCH3 is 1. The summed E-state index contributed by atoms with van der Waals surface area (Å²) < 4.78 is 59.0. The number of hydrogen-bond acceptors (Lipinski definition) is 3. The summed E-state index contributed by atoms with van der Waals surface area (Å²) in [5.41, 5.74) is 1.67. The zero-order chi connectivity index (χ0) is 24.0. The number of halogens is 5. The predicted octanol–water partition coefficient (Wildman–Crippen LogP) is 6.04. The zero-order valence-corrected chi connectivity index (χ0v) is 19.1. The number of benzene rings is 3. The van der Waals surface area contributed by atoms with E-state index in [0.717, 1.165) is 0 Å². The number of nitrogens with one attached hydrogen (secondary N) is 2. The van der Waals surface area contributed by atoms with Crippen molar-refractivity contribution < 1.29 is 27.1 Å². The van der Waals surface area contributed by atoms with Gasteiger partial charge in [0, 0.05) is 10.2 Å². The molecule has 2 atom stereocenters. The monoisotopic (exact) mass is 524 g/mol. The van der Waals surface area contributed by atoms with Crippen LogP contribution in [0.5, 0.6) is 5.75 Å². The van der Waals surface area contributed by atoms with Gasteiger partial charge in [0.05, 0.1) is 19.2 Å². The van der Waals surface area contributed by atoms with Crippen molar-refractivity contribution in [1.29, 1.82) is 0 Å². The van der Waals surface area contributed by atoms with Crippen molar-refractivity contribution in [2.24, 2.45) is 0 Å². The second-order valence-corrected chi connectivity index (χ2v) is 8.13. The second-order valence-electron chi connectivity index (χ2n) is 7.28. The molecule has 4 nitrogen and oxygen atoms in total. The molecule has 3 aromatic rings. The summed E-state index contributed by atoms with van der Waals surface area (Å²) in [7, 11) is 1.52. The molecular weight excluding hydrogens is 504 g/mol. The SMILES string of the molecule is COc1ccc(N[C@H](c2ccccc2)[C@H](Cc2cc(F)ccc2Br)NC(=O)C(F)(F)F)cc1. The van der Waals surface area contributed by atoms with E-state index in [4.69, 9.17) is 4.74 Å². The normalized spacial score (nSPS) is 13.2. The molecule has 1 amide bonds. The van der Waals surface area contributed by atoms with Crippen molar-refractivity contribution >= 4 is 27.5 Å². The Bertz CT molecular complexity index is 1080. The third kappa shape index (κ3) is 6.71. The molecule has 0 aliphatic rings. The lowest BCUT2D eigenvalue weighted by molar-refractivity contribution is -0.174. The van der Waals surface area contributed by atoms with E-state index in [1.165, 1.54) is 25.3 Å². The zero-order valence-electron chi connectivity index (χ0n) is 17.5. The first-order valence-electron chi connectivity index (χ1n) is 9.94. The third-order valence-corrected chi connectivity index (χ3v) is 5.77. The van der Waals surface area contributed by atoms with Gasteiger partial charge in [0.1, 0.15) is 11.6 Å². The summed E-state index contributed by atoms with van der Waals surface area (Å²) in [6, 6.07) is 17.7. The molecule has 9 heteroatoms. The molecule has 33 heavy (non-hydrogen) atoms. The molecule has 3 aromatic carbocycles. The van der Waals surface area contributed by atoms with E-state index in [1.54, 1.807) is 54.6 Å². The molecule has 0 aromatic heterocycles. The Morgan fingerprint density at radius 1 is 1.03 bits per heavy atom. The van der Waals surface area contributed by atoms with Crippen LogP contribution in [-0.2, 0) is 11.2 Å². The van der Waals surface area contributed by atoms with Gasteiger partial charge in [-0.05, 0) is 60.0 Å². The average Bonchev–Trinajstić information content (AvgIpc) is 2.79. The van der Waals surface area contributed by atoms with E-state index in [0.29, 0.717) is 27.0 Å². The predicted molar refractivity (Wildman–Crippen MR) is 122 cm³/mol. The van der Waals surface area contributed by atoms with Crippen molar-refractivity contribution in [2.75, 3.05) is 12.4 Å². The smallest absolute Gasteiger partial charge is 0.471 e. The van der Waals surface area contributed by atoms with Crippen LogP contribution in [0.15, 0.2) is 77.3 Å². The molecule has 0 saturated heterocycles. The summed E-state index contributed by atoms with van der Waals surface area (Å²) >= 11 is 3.32. The van der Waals surface area contributed by atoms with Crippen LogP contribution in [0.25, 0.3) is 0 Å². The van der Waals surface area contributed by atoms with E-state index < -0.39 is 30.0 Å². The second kappa shape index (κ2) is 10.7. The van der Waals surface area contributed by atoms with Crippen LogP contribution in [0.4, 0.5) is 23.2 Å². The average molecular weight is 525 g/mol. The molecule has 2 N–H and O–H groups in total. The molecule has 0 spiro atoms. The summed E-state index contributed by atoms with van der Waals surface area (Å²) in [5.74, 6) is -1.99. The van der Waals surface area contributed by atoms with Gasteiger partial charge in [0.2, 0.25) is 0 Å². The summed E-state index contributed by atoms with van der Waals surface area (Å²) in [6.45, 7) is 0. The maximum absolute atomic E-state index is 13.9. The van der Waals surface area contributed by atoms with Gasteiger partial charge >= 0.3 is 12.1 Å². The fraction of sp³-hybridized carbons (Fsp3) is 0.208. The molecule has 0 aliphatic carbocycles. The van der Waals surface area contributed by atoms with Crippen LogP contribution < -0.4 is 15.4 Å². The van der Waals surface area contributed by atoms with Crippen LogP contribution in [0.3, 0.4) is 0 Å². The van der Waals surface area contributed by atoms with Gasteiger partial charge in [-0.25, -0.2) is 4.39 Å². The highest BCUT2D eigenvalue weighted by Crippen LogP contribution is 2.29. The molecule has 0 bridgehead atoms. The van der Waals surface area contributed by atoms with Crippen LogP contribution in [0, 0.1) is 5.82 Å². The number of anilines is 1. The minimum Gasteiger partial charge on any atom is -0.497 e. The van der Waals surface area contributed by atoms with E-state index in [9.17, 15) is 22.4 Å². The van der Waals surface area contributed by atoms with Crippen LogP contribution >= 0.6 is 15.9 Å². The van der Waals surface area contributed by atoms with Gasteiger partial charge in [-0.15, -0.1) is 0 Å². The molecular formula is C24H21BrF4N2O2. The van der Waals surface area contributed by atoms with Crippen LogP contribution in [-0.4, -0.2) is 25.2 Å². The van der Waals surface area contributed by atoms with Crippen molar-refractivity contribution in [1.82, 2.24) is 5.32 Å².